The molecule has 124 valence electrons. The topological polar surface area (TPSA) is 60.2 Å². The number of nitrogens with two attached hydrogens (primary N) is 1. The van der Waals surface area contributed by atoms with Crippen LogP contribution < -0.4 is 5.73 Å². The summed E-state index contributed by atoms with van der Waals surface area (Å²) in [4.78, 5) is -0.202. The van der Waals surface area contributed by atoms with Crippen LogP contribution in [-0.2, 0) is 16.0 Å². The zero-order chi connectivity index (χ0) is 17.3. The molecule has 0 aromatic heterocycles. The highest BCUT2D eigenvalue weighted by Crippen LogP contribution is 2.34. The highest BCUT2D eigenvalue weighted by Gasteiger charge is 2.33. The van der Waals surface area contributed by atoms with Crippen LogP contribution in [-0.4, -0.2) is 15.0 Å². The van der Waals surface area contributed by atoms with Crippen molar-refractivity contribution in [1.82, 2.24) is 0 Å². The monoisotopic (exact) mass is 347 g/mol. The van der Waals surface area contributed by atoms with E-state index in [-0.39, 0.29) is 10.5 Å². The lowest BCUT2D eigenvalue weighted by Crippen LogP contribution is -2.22. The third-order valence-electron chi connectivity index (χ3n) is 3.32. The van der Waals surface area contributed by atoms with Gasteiger partial charge in [-0.2, -0.15) is 13.2 Å². The molecule has 0 unspecified atom stereocenters. The molecule has 0 fully saturated rings. The third-order valence-corrected chi connectivity index (χ3v) is 5.46. The van der Waals surface area contributed by atoms with E-state index in [0.29, 0.717) is 0 Å². The zero-order valence-electron chi connectivity index (χ0n) is 11.7. The predicted octanol–water partition coefficient (Wildman–Crippen LogP) is 3.32. The van der Waals surface area contributed by atoms with E-state index in [0.717, 1.165) is 42.5 Å². The molecule has 23 heavy (non-hydrogen) atoms. The van der Waals surface area contributed by atoms with Gasteiger partial charge in [-0.1, -0.05) is 18.2 Å². The Morgan fingerprint density at radius 1 is 1.04 bits per heavy atom. The van der Waals surface area contributed by atoms with Crippen LogP contribution in [0.2, 0.25) is 0 Å². The van der Waals surface area contributed by atoms with E-state index in [4.69, 9.17) is 5.73 Å². The lowest BCUT2D eigenvalue weighted by Gasteiger charge is -2.18. The fourth-order valence-electron chi connectivity index (χ4n) is 2.15. The minimum atomic E-state index is -4.59. The molecule has 0 aliphatic rings. The number of sulfone groups is 1. The predicted molar refractivity (Wildman–Crippen MR) is 76.8 cm³/mol. The van der Waals surface area contributed by atoms with E-state index < -0.39 is 39.2 Å². The summed E-state index contributed by atoms with van der Waals surface area (Å²) in [5.41, 5.74) is 4.46. The Bertz CT molecular complexity index is 786. The molecular weight excluding hydrogens is 334 g/mol. The number of hydrogen-bond acceptors (Lipinski definition) is 3. The number of halogens is 4. The van der Waals surface area contributed by atoms with Crippen LogP contribution >= 0.6 is 0 Å². The lowest BCUT2D eigenvalue weighted by atomic mass is 10.1. The average molecular weight is 347 g/mol. The third kappa shape index (κ3) is 3.70. The van der Waals surface area contributed by atoms with Gasteiger partial charge in [0, 0.05) is 6.54 Å². The first-order valence-electron chi connectivity index (χ1n) is 6.53. The molecule has 2 rings (SSSR count). The summed E-state index contributed by atoms with van der Waals surface area (Å²) >= 11 is 0. The van der Waals surface area contributed by atoms with Crippen molar-refractivity contribution in [1.29, 1.82) is 0 Å². The molecule has 0 bridgehead atoms. The van der Waals surface area contributed by atoms with Gasteiger partial charge in [-0.25, -0.2) is 12.8 Å². The van der Waals surface area contributed by atoms with E-state index >= 15 is 0 Å². The van der Waals surface area contributed by atoms with E-state index in [9.17, 15) is 26.0 Å². The second kappa shape index (κ2) is 6.29. The molecule has 2 aromatic carbocycles. The van der Waals surface area contributed by atoms with Gasteiger partial charge in [0.25, 0.3) is 0 Å². The quantitative estimate of drug-likeness (QED) is 0.682. The minimum Gasteiger partial charge on any atom is -0.329 e. The van der Waals surface area contributed by atoms with E-state index in [1.165, 1.54) is 6.07 Å². The largest absolute Gasteiger partial charge is 0.416 e. The van der Waals surface area contributed by atoms with Crippen LogP contribution in [0.25, 0.3) is 0 Å². The fraction of sp³-hybridized carbons (Fsp3) is 0.200. The first-order chi connectivity index (χ1) is 10.7. The first-order valence-corrected chi connectivity index (χ1v) is 8.07. The molecule has 0 aliphatic carbocycles. The Kier molecular flexibility index (Phi) is 4.76. The molecule has 0 saturated heterocycles. The first kappa shape index (κ1) is 17.4. The van der Waals surface area contributed by atoms with Crippen molar-refractivity contribution in [2.45, 2.75) is 16.3 Å². The Morgan fingerprint density at radius 2 is 1.65 bits per heavy atom. The molecular formula is C15H13F4NO2S. The fourth-order valence-corrected chi connectivity index (χ4v) is 3.75. The highest BCUT2D eigenvalue weighted by molar-refractivity contribution is 7.91. The lowest BCUT2D eigenvalue weighted by molar-refractivity contribution is -0.137. The summed E-state index contributed by atoms with van der Waals surface area (Å²) in [5.74, 6) is -0.618. The molecule has 0 amide bonds. The van der Waals surface area contributed by atoms with Crippen molar-refractivity contribution in [3.8, 4) is 0 Å². The zero-order valence-corrected chi connectivity index (χ0v) is 12.5. The van der Waals surface area contributed by atoms with Gasteiger partial charge in [0.15, 0.2) is 9.84 Å². The molecule has 2 N–H and O–H groups in total. The summed E-state index contributed by atoms with van der Waals surface area (Å²) in [6.07, 6.45) is -4.59. The molecule has 0 spiro atoms. The van der Waals surface area contributed by atoms with Crippen LogP contribution in [0.4, 0.5) is 17.6 Å². The van der Waals surface area contributed by atoms with Gasteiger partial charge in [-0.05, 0) is 35.9 Å². The van der Waals surface area contributed by atoms with Gasteiger partial charge in [-0.3, -0.25) is 0 Å². The van der Waals surface area contributed by atoms with E-state index in [2.05, 4.69) is 0 Å². The number of rotatable bonds is 4. The van der Waals surface area contributed by atoms with Crippen LogP contribution in [0.5, 0.6) is 0 Å². The van der Waals surface area contributed by atoms with E-state index in [1.807, 2.05) is 0 Å². The SMILES string of the molecule is NC[C@H](c1cccc(C(F)(F)F)c1)S(=O)(=O)c1ccc(F)cc1. The minimum absolute atomic E-state index is 0.0633. The Morgan fingerprint density at radius 3 is 2.17 bits per heavy atom. The van der Waals surface area contributed by atoms with Crippen molar-refractivity contribution < 1.29 is 26.0 Å². The van der Waals surface area contributed by atoms with Gasteiger partial charge in [0.1, 0.15) is 11.1 Å². The smallest absolute Gasteiger partial charge is 0.329 e. The average Bonchev–Trinajstić information content (AvgIpc) is 2.47. The summed E-state index contributed by atoms with van der Waals surface area (Å²) in [6, 6.07) is 8.05. The van der Waals surface area contributed by atoms with Gasteiger partial charge >= 0.3 is 6.18 Å². The Labute approximate surface area is 130 Å². The van der Waals surface area contributed by atoms with Crippen molar-refractivity contribution >= 4 is 9.84 Å². The van der Waals surface area contributed by atoms with Crippen molar-refractivity contribution in [2.24, 2.45) is 5.73 Å². The second-order valence-corrected chi connectivity index (χ2v) is 6.98. The second-order valence-electron chi connectivity index (χ2n) is 4.85. The molecule has 3 nitrogen and oxygen atoms in total. The summed E-state index contributed by atoms with van der Waals surface area (Å²) in [6.45, 7) is -0.402. The highest BCUT2D eigenvalue weighted by atomic mass is 32.2. The normalized spacial score (nSPS) is 13.8. The maximum atomic E-state index is 12.9. The van der Waals surface area contributed by atoms with Gasteiger partial charge in [-0.15, -0.1) is 0 Å². The Balaban J connectivity index is 2.49. The molecule has 0 aliphatic heterocycles. The maximum absolute atomic E-state index is 12.9. The van der Waals surface area contributed by atoms with Gasteiger partial charge in [0.2, 0.25) is 0 Å². The summed E-state index contributed by atoms with van der Waals surface area (Å²) in [7, 11) is -4.04. The molecule has 8 heteroatoms. The van der Waals surface area contributed by atoms with Crippen LogP contribution in [0, 0.1) is 5.82 Å². The molecule has 1 atom stereocenters. The maximum Gasteiger partial charge on any atom is 0.416 e. The standard InChI is InChI=1S/C15H13F4NO2S/c16-12-4-6-13(7-5-12)23(21,22)14(9-20)10-2-1-3-11(8-10)15(17,18)19/h1-8,14H,9,20H2/t14-/m1/s1. The number of hydrogen-bond donors (Lipinski definition) is 1. The van der Waals surface area contributed by atoms with Crippen LogP contribution in [0.15, 0.2) is 53.4 Å². The van der Waals surface area contributed by atoms with Gasteiger partial charge < -0.3 is 5.73 Å². The molecule has 0 saturated carbocycles. The summed E-state index contributed by atoms with van der Waals surface area (Å²) in [5, 5.41) is -1.35. The molecule has 0 heterocycles. The Hall–Kier alpha value is -1.93. The molecule has 2 aromatic rings. The number of benzene rings is 2. The van der Waals surface area contributed by atoms with Crippen molar-refractivity contribution in [2.75, 3.05) is 6.54 Å². The number of alkyl halides is 3. The van der Waals surface area contributed by atoms with Crippen LogP contribution in [0.1, 0.15) is 16.4 Å². The van der Waals surface area contributed by atoms with Crippen molar-refractivity contribution in [3.05, 3.63) is 65.5 Å². The van der Waals surface area contributed by atoms with Crippen LogP contribution in [0.3, 0.4) is 0 Å². The van der Waals surface area contributed by atoms with E-state index in [1.54, 1.807) is 0 Å². The summed E-state index contributed by atoms with van der Waals surface area (Å²) < 4.78 is 76.4. The van der Waals surface area contributed by atoms with Crippen molar-refractivity contribution in [3.63, 3.8) is 0 Å². The molecule has 0 radical (unpaired) electrons. The van der Waals surface area contributed by atoms with Gasteiger partial charge in [0.05, 0.1) is 10.5 Å².